The molecular formula is C23H20N6O2. The third-order valence-electron chi connectivity index (χ3n) is 5.43. The van der Waals surface area contributed by atoms with E-state index >= 15 is 0 Å². The maximum absolute atomic E-state index is 12.5. The van der Waals surface area contributed by atoms with Crippen LogP contribution in [-0.2, 0) is 4.79 Å². The molecule has 8 nitrogen and oxygen atoms in total. The fourth-order valence-electron chi connectivity index (χ4n) is 3.95. The summed E-state index contributed by atoms with van der Waals surface area (Å²) in [6, 6.07) is 17.5. The van der Waals surface area contributed by atoms with E-state index in [4.69, 9.17) is 4.74 Å². The van der Waals surface area contributed by atoms with E-state index in [0.29, 0.717) is 23.9 Å². The zero-order chi connectivity index (χ0) is 21.4. The van der Waals surface area contributed by atoms with Gasteiger partial charge < -0.3 is 10.1 Å². The minimum Gasteiger partial charge on any atom is -0.497 e. The standard InChI is InChI=1S/C23H20N6O2/c1-14-21-18(15-6-4-3-5-7-15)12-20(30)26-22(21)29(28-14)23-25-19(13-24-27-23)16-8-10-17(31-2)11-9-16/h3-11,13,18H,12H2,1-2H3,(H,26,30)/t18-/m0/s1. The van der Waals surface area contributed by atoms with Gasteiger partial charge in [-0.2, -0.15) is 14.9 Å². The number of benzene rings is 2. The predicted octanol–water partition coefficient (Wildman–Crippen LogP) is 3.52. The van der Waals surface area contributed by atoms with Crippen LogP contribution in [0.15, 0.2) is 60.8 Å². The summed E-state index contributed by atoms with van der Waals surface area (Å²) < 4.78 is 6.78. The van der Waals surface area contributed by atoms with E-state index in [1.54, 1.807) is 18.0 Å². The van der Waals surface area contributed by atoms with Gasteiger partial charge in [0, 0.05) is 23.5 Å². The molecule has 0 fully saturated rings. The molecule has 0 radical (unpaired) electrons. The molecule has 1 aliphatic rings. The van der Waals surface area contributed by atoms with E-state index in [9.17, 15) is 4.79 Å². The second kappa shape index (κ2) is 7.64. The smallest absolute Gasteiger partial charge is 0.272 e. The van der Waals surface area contributed by atoms with Crippen molar-refractivity contribution in [2.75, 3.05) is 12.4 Å². The van der Waals surface area contributed by atoms with Crippen LogP contribution in [0, 0.1) is 6.92 Å². The monoisotopic (exact) mass is 412 g/mol. The van der Waals surface area contributed by atoms with Gasteiger partial charge in [0.15, 0.2) is 0 Å². The summed E-state index contributed by atoms with van der Waals surface area (Å²) in [5, 5.41) is 15.9. The lowest BCUT2D eigenvalue weighted by molar-refractivity contribution is -0.116. The van der Waals surface area contributed by atoms with Crippen LogP contribution in [0.4, 0.5) is 5.82 Å². The molecule has 3 heterocycles. The Morgan fingerprint density at radius 2 is 1.87 bits per heavy atom. The van der Waals surface area contributed by atoms with E-state index in [1.807, 2.05) is 61.5 Å². The van der Waals surface area contributed by atoms with E-state index in [0.717, 1.165) is 28.1 Å². The molecule has 2 aromatic carbocycles. The average molecular weight is 412 g/mol. The molecule has 5 rings (SSSR count). The van der Waals surface area contributed by atoms with Crippen LogP contribution in [0.1, 0.15) is 29.2 Å². The summed E-state index contributed by atoms with van der Waals surface area (Å²) in [4.78, 5) is 17.2. The molecule has 8 heteroatoms. The molecule has 1 N–H and O–H groups in total. The highest BCUT2D eigenvalue weighted by Crippen LogP contribution is 2.39. The number of anilines is 1. The van der Waals surface area contributed by atoms with Crippen molar-refractivity contribution < 1.29 is 9.53 Å². The van der Waals surface area contributed by atoms with Gasteiger partial charge >= 0.3 is 0 Å². The average Bonchev–Trinajstić information content (AvgIpc) is 3.15. The summed E-state index contributed by atoms with van der Waals surface area (Å²) in [7, 11) is 1.62. The van der Waals surface area contributed by atoms with Gasteiger partial charge in [-0.3, -0.25) is 4.79 Å². The van der Waals surface area contributed by atoms with Gasteiger partial charge in [0.05, 0.1) is 24.7 Å². The Morgan fingerprint density at radius 3 is 2.61 bits per heavy atom. The third-order valence-corrected chi connectivity index (χ3v) is 5.43. The lowest BCUT2D eigenvalue weighted by atomic mass is 9.86. The molecule has 1 aliphatic heterocycles. The Kier molecular flexibility index (Phi) is 4.66. The summed E-state index contributed by atoms with van der Waals surface area (Å²) in [5.74, 6) is 1.51. The van der Waals surface area contributed by atoms with Crippen LogP contribution in [0.25, 0.3) is 17.2 Å². The number of hydrogen-bond donors (Lipinski definition) is 1. The number of rotatable bonds is 4. The maximum atomic E-state index is 12.5. The van der Waals surface area contributed by atoms with Crippen molar-refractivity contribution in [3.63, 3.8) is 0 Å². The fraction of sp³-hybridized carbons (Fsp3) is 0.174. The van der Waals surface area contributed by atoms with Crippen LogP contribution in [0.3, 0.4) is 0 Å². The molecule has 1 amide bonds. The first kappa shape index (κ1) is 18.9. The molecule has 0 spiro atoms. The van der Waals surface area contributed by atoms with E-state index in [1.165, 1.54) is 0 Å². The Labute approximate surface area is 178 Å². The predicted molar refractivity (Wildman–Crippen MR) is 115 cm³/mol. The van der Waals surface area contributed by atoms with E-state index in [-0.39, 0.29) is 11.8 Å². The highest BCUT2D eigenvalue weighted by molar-refractivity contribution is 5.95. The van der Waals surface area contributed by atoms with Gasteiger partial charge in [-0.05, 0) is 36.8 Å². The highest BCUT2D eigenvalue weighted by atomic mass is 16.5. The first-order valence-corrected chi connectivity index (χ1v) is 9.93. The second-order valence-electron chi connectivity index (χ2n) is 7.35. The summed E-state index contributed by atoms with van der Waals surface area (Å²) in [6.07, 6.45) is 1.97. The molecule has 2 aromatic heterocycles. The molecule has 0 saturated carbocycles. The van der Waals surface area contributed by atoms with Gasteiger partial charge in [-0.15, -0.1) is 5.10 Å². The number of aryl methyl sites for hydroxylation is 1. The Morgan fingerprint density at radius 1 is 1.10 bits per heavy atom. The fourth-order valence-corrected chi connectivity index (χ4v) is 3.95. The number of nitrogens with zero attached hydrogens (tertiary/aromatic N) is 5. The number of carbonyl (C=O) groups is 1. The number of fused-ring (bicyclic) bond motifs is 1. The first-order valence-electron chi connectivity index (χ1n) is 9.93. The number of amides is 1. The first-order chi connectivity index (χ1) is 15.1. The van der Waals surface area contributed by atoms with Crippen LogP contribution >= 0.6 is 0 Å². The molecule has 0 bridgehead atoms. The van der Waals surface area contributed by atoms with Crippen LogP contribution in [0.2, 0.25) is 0 Å². The van der Waals surface area contributed by atoms with Gasteiger partial charge in [0.1, 0.15) is 11.6 Å². The Hall–Kier alpha value is -4.07. The number of nitrogens with one attached hydrogen (secondary N) is 1. The van der Waals surface area contributed by atoms with E-state index in [2.05, 4.69) is 25.6 Å². The van der Waals surface area contributed by atoms with Crippen molar-refractivity contribution >= 4 is 11.7 Å². The zero-order valence-corrected chi connectivity index (χ0v) is 17.1. The van der Waals surface area contributed by atoms with Crippen molar-refractivity contribution in [1.82, 2.24) is 25.0 Å². The second-order valence-corrected chi connectivity index (χ2v) is 7.35. The van der Waals surface area contributed by atoms with Crippen LogP contribution < -0.4 is 10.1 Å². The lowest BCUT2D eigenvalue weighted by Gasteiger charge is -2.24. The molecule has 0 aliphatic carbocycles. The van der Waals surface area contributed by atoms with Crippen molar-refractivity contribution in [3.8, 4) is 23.0 Å². The normalized spacial score (nSPS) is 15.3. The Balaban J connectivity index is 1.59. The Bertz CT molecular complexity index is 1250. The van der Waals surface area contributed by atoms with Crippen molar-refractivity contribution in [1.29, 1.82) is 0 Å². The molecule has 154 valence electrons. The molecule has 4 aromatic rings. The number of carbonyl (C=O) groups excluding carboxylic acids is 1. The topological polar surface area (TPSA) is 94.8 Å². The SMILES string of the molecule is COc1ccc(-c2cnnc(-n3nc(C)c4c3NC(=O)C[C@H]4c3ccccc3)n2)cc1. The minimum absolute atomic E-state index is 0.0678. The van der Waals surface area contributed by atoms with Crippen molar-refractivity contribution in [2.45, 2.75) is 19.3 Å². The zero-order valence-electron chi connectivity index (χ0n) is 17.1. The number of aromatic nitrogens is 5. The van der Waals surface area contributed by atoms with Crippen LogP contribution in [0.5, 0.6) is 5.75 Å². The summed E-state index contributed by atoms with van der Waals surface area (Å²) >= 11 is 0. The van der Waals surface area contributed by atoms with Crippen LogP contribution in [-0.4, -0.2) is 38.0 Å². The quantitative estimate of drug-likeness (QED) is 0.551. The minimum atomic E-state index is -0.0727. The number of hydrogen-bond acceptors (Lipinski definition) is 6. The van der Waals surface area contributed by atoms with E-state index < -0.39 is 0 Å². The van der Waals surface area contributed by atoms with Gasteiger partial charge in [0.25, 0.3) is 5.95 Å². The van der Waals surface area contributed by atoms with Gasteiger partial charge in [-0.25, -0.2) is 4.98 Å². The van der Waals surface area contributed by atoms with Gasteiger partial charge in [0.2, 0.25) is 5.91 Å². The number of ether oxygens (including phenoxy) is 1. The summed E-state index contributed by atoms with van der Waals surface area (Å²) in [6.45, 7) is 1.93. The number of methoxy groups -OCH3 is 1. The van der Waals surface area contributed by atoms with Gasteiger partial charge in [-0.1, -0.05) is 30.3 Å². The summed E-state index contributed by atoms with van der Waals surface area (Å²) in [5.41, 5.74) is 4.40. The molecule has 1 atom stereocenters. The molecule has 31 heavy (non-hydrogen) atoms. The lowest BCUT2D eigenvalue weighted by Crippen LogP contribution is -2.25. The molecular weight excluding hydrogens is 392 g/mol. The molecule has 0 saturated heterocycles. The van der Waals surface area contributed by atoms with Crippen molar-refractivity contribution in [2.24, 2.45) is 0 Å². The largest absolute Gasteiger partial charge is 0.497 e. The molecule has 0 unspecified atom stereocenters. The van der Waals surface area contributed by atoms with Crippen molar-refractivity contribution in [3.05, 3.63) is 77.6 Å². The highest BCUT2D eigenvalue weighted by Gasteiger charge is 2.33. The maximum Gasteiger partial charge on any atom is 0.272 e. The third kappa shape index (κ3) is 3.42.